The second-order valence-electron chi connectivity index (χ2n) is 6.37. The first-order valence-corrected chi connectivity index (χ1v) is 8.99. The van der Waals surface area contributed by atoms with E-state index >= 15 is 0 Å². The Labute approximate surface area is 127 Å². The maximum Gasteiger partial charge on any atom is 0.244 e. The minimum absolute atomic E-state index is 0.234. The fourth-order valence-electron chi connectivity index (χ4n) is 2.37. The van der Waals surface area contributed by atoms with Crippen molar-refractivity contribution in [3.05, 3.63) is 18.3 Å². The lowest BCUT2D eigenvalue weighted by molar-refractivity contribution is 0.196. The molecule has 0 bridgehead atoms. The van der Waals surface area contributed by atoms with Crippen LogP contribution in [0.3, 0.4) is 0 Å². The summed E-state index contributed by atoms with van der Waals surface area (Å²) in [5.41, 5.74) is 0.234. The van der Waals surface area contributed by atoms with E-state index in [9.17, 15) is 8.42 Å². The highest BCUT2D eigenvalue weighted by Crippen LogP contribution is 2.32. The highest BCUT2D eigenvalue weighted by Gasteiger charge is 2.32. The Bertz CT molecular complexity index is 557. The van der Waals surface area contributed by atoms with Crippen molar-refractivity contribution in [2.24, 2.45) is 5.41 Å². The van der Waals surface area contributed by atoms with Gasteiger partial charge in [0.05, 0.1) is 0 Å². The van der Waals surface area contributed by atoms with E-state index in [-0.39, 0.29) is 10.3 Å². The summed E-state index contributed by atoms with van der Waals surface area (Å²) in [6, 6.07) is 3.37. The lowest BCUT2D eigenvalue weighted by atomic mass is 9.83. The fourth-order valence-corrected chi connectivity index (χ4v) is 3.76. The van der Waals surface area contributed by atoms with Crippen LogP contribution in [0.4, 0.5) is 5.82 Å². The van der Waals surface area contributed by atoms with Crippen LogP contribution in [-0.4, -0.2) is 37.3 Å². The van der Waals surface area contributed by atoms with Crippen molar-refractivity contribution < 1.29 is 8.42 Å². The first kappa shape index (κ1) is 16.2. The molecule has 1 aliphatic heterocycles. The van der Waals surface area contributed by atoms with Gasteiger partial charge in [0.15, 0.2) is 0 Å². The SMILES string of the molecule is CCCNc1ccc(S(=O)(=O)N2CCC(C)(C)CC2)cn1. The number of anilines is 1. The van der Waals surface area contributed by atoms with Gasteiger partial charge in [0.25, 0.3) is 0 Å². The van der Waals surface area contributed by atoms with E-state index in [0.717, 1.165) is 31.6 Å². The molecule has 2 heterocycles. The van der Waals surface area contributed by atoms with Crippen molar-refractivity contribution in [2.45, 2.75) is 44.9 Å². The van der Waals surface area contributed by atoms with E-state index in [1.807, 2.05) is 0 Å². The molecule has 5 nitrogen and oxygen atoms in total. The van der Waals surface area contributed by atoms with Gasteiger partial charge in [-0.2, -0.15) is 4.31 Å². The molecule has 0 radical (unpaired) electrons. The summed E-state index contributed by atoms with van der Waals surface area (Å²) in [4.78, 5) is 4.47. The van der Waals surface area contributed by atoms with Crippen molar-refractivity contribution in [1.29, 1.82) is 0 Å². The Balaban J connectivity index is 2.09. The Hall–Kier alpha value is -1.14. The highest BCUT2D eigenvalue weighted by molar-refractivity contribution is 7.89. The summed E-state index contributed by atoms with van der Waals surface area (Å²) in [5.74, 6) is 0.718. The van der Waals surface area contributed by atoms with Gasteiger partial charge in [-0.3, -0.25) is 0 Å². The predicted molar refractivity (Wildman–Crippen MR) is 84.8 cm³/mol. The maximum atomic E-state index is 12.6. The minimum atomic E-state index is -3.41. The lowest BCUT2D eigenvalue weighted by Gasteiger charge is -2.36. The van der Waals surface area contributed by atoms with Gasteiger partial charge >= 0.3 is 0 Å². The van der Waals surface area contributed by atoms with Crippen LogP contribution in [0.2, 0.25) is 0 Å². The molecule has 2 rings (SSSR count). The molecular weight excluding hydrogens is 286 g/mol. The average Bonchev–Trinajstić information content (AvgIpc) is 2.45. The highest BCUT2D eigenvalue weighted by atomic mass is 32.2. The van der Waals surface area contributed by atoms with Crippen LogP contribution < -0.4 is 5.32 Å². The molecule has 0 saturated carbocycles. The molecule has 0 aliphatic carbocycles. The quantitative estimate of drug-likeness (QED) is 0.908. The number of hydrogen-bond acceptors (Lipinski definition) is 4. The van der Waals surface area contributed by atoms with Crippen molar-refractivity contribution in [3.8, 4) is 0 Å². The van der Waals surface area contributed by atoms with Crippen molar-refractivity contribution in [1.82, 2.24) is 9.29 Å². The van der Waals surface area contributed by atoms with Crippen molar-refractivity contribution in [2.75, 3.05) is 25.0 Å². The lowest BCUT2D eigenvalue weighted by Crippen LogP contribution is -2.41. The van der Waals surface area contributed by atoms with E-state index in [2.05, 4.69) is 31.1 Å². The Morgan fingerprint density at radius 3 is 2.48 bits per heavy atom. The molecule has 1 aromatic rings. The number of aromatic nitrogens is 1. The summed E-state index contributed by atoms with van der Waals surface area (Å²) in [6.45, 7) is 8.46. The molecule has 0 atom stereocenters. The van der Waals surface area contributed by atoms with E-state index in [4.69, 9.17) is 0 Å². The van der Waals surface area contributed by atoms with Gasteiger partial charge in [-0.15, -0.1) is 0 Å². The number of nitrogens with zero attached hydrogens (tertiary/aromatic N) is 2. The van der Waals surface area contributed by atoms with Gasteiger partial charge in [-0.1, -0.05) is 20.8 Å². The molecule has 1 aromatic heterocycles. The molecule has 0 unspecified atom stereocenters. The normalized spacial score (nSPS) is 19.4. The molecule has 6 heteroatoms. The first-order chi connectivity index (χ1) is 9.85. The number of sulfonamides is 1. The molecule has 0 aromatic carbocycles. The number of rotatable bonds is 5. The Morgan fingerprint density at radius 2 is 1.95 bits per heavy atom. The zero-order valence-electron chi connectivity index (χ0n) is 13.1. The minimum Gasteiger partial charge on any atom is -0.370 e. The van der Waals surface area contributed by atoms with Gasteiger partial charge in [0.1, 0.15) is 10.7 Å². The third-order valence-electron chi connectivity index (χ3n) is 4.01. The van der Waals surface area contributed by atoms with Crippen LogP contribution in [0.15, 0.2) is 23.2 Å². The third-order valence-corrected chi connectivity index (χ3v) is 5.89. The molecule has 1 aliphatic rings. The average molecular weight is 311 g/mol. The Kier molecular flexibility index (Phi) is 4.88. The Morgan fingerprint density at radius 1 is 1.29 bits per heavy atom. The van der Waals surface area contributed by atoms with Crippen LogP contribution in [0.25, 0.3) is 0 Å². The zero-order chi connectivity index (χ0) is 15.5. The second kappa shape index (κ2) is 6.32. The van der Waals surface area contributed by atoms with Gasteiger partial charge in [-0.25, -0.2) is 13.4 Å². The van der Waals surface area contributed by atoms with Crippen LogP contribution in [-0.2, 0) is 10.0 Å². The summed E-state index contributed by atoms with van der Waals surface area (Å²) in [5, 5.41) is 3.14. The van der Waals surface area contributed by atoms with Gasteiger partial charge in [0, 0.05) is 25.8 Å². The topological polar surface area (TPSA) is 62.3 Å². The van der Waals surface area contributed by atoms with Gasteiger partial charge < -0.3 is 5.32 Å². The zero-order valence-corrected chi connectivity index (χ0v) is 13.9. The standard InChI is InChI=1S/C15H25N3O2S/c1-4-9-16-14-6-5-13(12-17-14)21(19,20)18-10-7-15(2,3)8-11-18/h5-6,12H,4,7-11H2,1-3H3,(H,16,17). The molecule has 1 N–H and O–H groups in total. The third kappa shape index (κ3) is 3.95. The molecular formula is C15H25N3O2S. The smallest absolute Gasteiger partial charge is 0.244 e. The summed E-state index contributed by atoms with van der Waals surface area (Å²) in [7, 11) is -3.41. The molecule has 1 saturated heterocycles. The number of piperidine rings is 1. The molecule has 0 spiro atoms. The van der Waals surface area contributed by atoms with Crippen molar-refractivity contribution >= 4 is 15.8 Å². The number of pyridine rings is 1. The predicted octanol–water partition coefficient (Wildman–Crippen LogP) is 2.71. The van der Waals surface area contributed by atoms with E-state index in [0.29, 0.717) is 13.1 Å². The molecule has 118 valence electrons. The van der Waals surface area contributed by atoms with Gasteiger partial charge in [-0.05, 0) is 36.8 Å². The molecule has 0 amide bonds. The number of hydrogen-bond donors (Lipinski definition) is 1. The second-order valence-corrected chi connectivity index (χ2v) is 8.31. The van der Waals surface area contributed by atoms with Crippen LogP contribution in [0, 0.1) is 5.41 Å². The summed E-state index contributed by atoms with van der Waals surface area (Å²) in [6.07, 6.45) is 4.25. The van der Waals surface area contributed by atoms with Crippen LogP contribution >= 0.6 is 0 Å². The van der Waals surface area contributed by atoms with E-state index < -0.39 is 10.0 Å². The summed E-state index contributed by atoms with van der Waals surface area (Å²) >= 11 is 0. The molecule has 21 heavy (non-hydrogen) atoms. The summed E-state index contributed by atoms with van der Waals surface area (Å²) < 4.78 is 26.8. The van der Waals surface area contributed by atoms with Crippen LogP contribution in [0.5, 0.6) is 0 Å². The first-order valence-electron chi connectivity index (χ1n) is 7.55. The van der Waals surface area contributed by atoms with E-state index in [1.165, 1.54) is 6.20 Å². The molecule has 1 fully saturated rings. The monoisotopic (exact) mass is 311 g/mol. The number of nitrogens with one attached hydrogen (secondary N) is 1. The van der Waals surface area contributed by atoms with Crippen LogP contribution in [0.1, 0.15) is 40.0 Å². The maximum absolute atomic E-state index is 12.6. The van der Waals surface area contributed by atoms with E-state index in [1.54, 1.807) is 16.4 Å². The largest absolute Gasteiger partial charge is 0.370 e. The van der Waals surface area contributed by atoms with Gasteiger partial charge in [0.2, 0.25) is 10.0 Å². The fraction of sp³-hybridized carbons (Fsp3) is 0.667. The van der Waals surface area contributed by atoms with Crippen molar-refractivity contribution in [3.63, 3.8) is 0 Å².